The molecule has 0 fully saturated rings. The summed E-state index contributed by atoms with van der Waals surface area (Å²) in [5.74, 6) is -1.29. The first-order valence-electron chi connectivity index (χ1n) is 6.45. The zero-order chi connectivity index (χ0) is 15.3. The number of nitrogens with zero attached hydrogens (tertiary/aromatic N) is 1. The molecule has 0 aliphatic rings. The molecule has 0 aliphatic carbocycles. The van der Waals surface area contributed by atoms with Crippen LogP contribution in [0.2, 0.25) is 25.7 Å². The molecule has 0 aromatic carbocycles. The van der Waals surface area contributed by atoms with Crippen LogP contribution in [0.4, 0.5) is 4.39 Å². The Morgan fingerprint density at radius 2 is 2.10 bits per heavy atom. The highest BCUT2D eigenvalue weighted by Crippen LogP contribution is 2.17. The van der Waals surface area contributed by atoms with Gasteiger partial charge in [0, 0.05) is 20.7 Å². The molecule has 0 radical (unpaired) electrons. The van der Waals surface area contributed by atoms with Crippen LogP contribution in [0.5, 0.6) is 0 Å². The predicted octanol–water partition coefficient (Wildman–Crippen LogP) is 2.22. The second kappa shape index (κ2) is 7.01. The summed E-state index contributed by atoms with van der Waals surface area (Å²) in [6.45, 7) is 6.75. The molecular formula is C13H22FNO4Si. The normalized spacial score (nSPS) is 11.7. The third-order valence-electron chi connectivity index (χ3n) is 2.92. The summed E-state index contributed by atoms with van der Waals surface area (Å²) < 4.78 is 25.0. The van der Waals surface area contributed by atoms with Crippen LogP contribution in [0.3, 0.4) is 0 Å². The molecule has 1 heterocycles. The van der Waals surface area contributed by atoms with Gasteiger partial charge in [-0.2, -0.15) is 0 Å². The first-order valence-corrected chi connectivity index (χ1v) is 10.2. The molecule has 20 heavy (non-hydrogen) atoms. The van der Waals surface area contributed by atoms with Gasteiger partial charge in [-0.25, -0.2) is 9.18 Å². The molecule has 0 amide bonds. The van der Waals surface area contributed by atoms with E-state index in [1.165, 1.54) is 11.7 Å². The van der Waals surface area contributed by atoms with Crippen LogP contribution in [-0.2, 0) is 22.8 Å². The smallest absolute Gasteiger partial charge is 0.354 e. The van der Waals surface area contributed by atoms with Gasteiger partial charge < -0.3 is 19.1 Å². The van der Waals surface area contributed by atoms with Gasteiger partial charge in [0.2, 0.25) is 0 Å². The van der Waals surface area contributed by atoms with E-state index < -0.39 is 26.5 Å². The highest BCUT2D eigenvalue weighted by atomic mass is 28.3. The van der Waals surface area contributed by atoms with Gasteiger partial charge in [0.1, 0.15) is 18.2 Å². The minimum Gasteiger partial charge on any atom is -0.464 e. The van der Waals surface area contributed by atoms with Crippen molar-refractivity contribution in [2.45, 2.75) is 39.0 Å². The minimum atomic E-state index is -1.20. The van der Waals surface area contributed by atoms with Crippen molar-refractivity contribution in [1.29, 1.82) is 0 Å². The van der Waals surface area contributed by atoms with E-state index in [0.29, 0.717) is 6.61 Å². The topological polar surface area (TPSA) is 60.7 Å². The fraction of sp³-hybridized carbons (Fsp3) is 0.615. The van der Waals surface area contributed by atoms with Gasteiger partial charge >= 0.3 is 5.97 Å². The molecule has 5 nitrogen and oxygen atoms in total. The lowest BCUT2D eigenvalue weighted by Crippen LogP contribution is -2.22. The second-order valence-corrected chi connectivity index (χ2v) is 11.4. The lowest BCUT2D eigenvalue weighted by molar-refractivity contribution is 0.0530. The average Bonchev–Trinajstić information content (AvgIpc) is 2.68. The van der Waals surface area contributed by atoms with E-state index >= 15 is 0 Å². The molecule has 0 spiro atoms. The van der Waals surface area contributed by atoms with Crippen LogP contribution in [0.25, 0.3) is 0 Å². The fourth-order valence-corrected chi connectivity index (χ4v) is 2.43. The Balaban J connectivity index is 2.79. The van der Waals surface area contributed by atoms with Crippen LogP contribution in [0, 0.1) is 5.82 Å². The number of esters is 1. The number of aromatic nitrogens is 1. The number of rotatable bonds is 7. The molecule has 0 unspecified atom stereocenters. The van der Waals surface area contributed by atoms with E-state index in [0.717, 1.165) is 12.1 Å². The lowest BCUT2D eigenvalue weighted by atomic mass is 10.4. The largest absolute Gasteiger partial charge is 0.464 e. The Bertz CT molecular complexity index is 468. The van der Waals surface area contributed by atoms with Crippen LogP contribution in [0.1, 0.15) is 16.2 Å². The van der Waals surface area contributed by atoms with Crippen molar-refractivity contribution in [3.8, 4) is 0 Å². The summed E-state index contributed by atoms with van der Waals surface area (Å²) in [5.41, 5.74) is 0.0699. The van der Waals surface area contributed by atoms with Crippen molar-refractivity contribution in [1.82, 2.24) is 4.57 Å². The van der Waals surface area contributed by atoms with Gasteiger partial charge in [-0.1, -0.05) is 19.6 Å². The van der Waals surface area contributed by atoms with E-state index in [9.17, 15) is 14.3 Å². The highest BCUT2D eigenvalue weighted by molar-refractivity contribution is 6.76. The molecular weight excluding hydrogens is 281 g/mol. The number of aliphatic hydroxyl groups is 1. The van der Waals surface area contributed by atoms with Crippen molar-refractivity contribution < 1.29 is 23.8 Å². The van der Waals surface area contributed by atoms with E-state index in [1.54, 1.807) is 0 Å². The monoisotopic (exact) mass is 303 g/mol. The number of carbonyl (C=O) groups excluding carboxylic acids is 1. The quantitative estimate of drug-likeness (QED) is 0.477. The van der Waals surface area contributed by atoms with Gasteiger partial charge in [-0.05, 0) is 6.04 Å². The van der Waals surface area contributed by atoms with Gasteiger partial charge in [0.05, 0.1) is 19.4 Å². The lowest BCUT2D eigenvalue weighted by Gasteiger charge is -2.17. The molecule has 0 atom stereocenters. The zero-order valence-corrected chi connectivity index (χ0v) is 13.4. The second-order valence-electron chi connectivity index (χ2n) is 5.75. The molecule has 0 saturated carbocycles. The molecule has 0 saturated heterocycles. The number of halogens is 1. The summed E-state index contributed by atoms with van der Waals surface area (Å²) in [4.78, 5) is 11.6. The van der Waals surface area contributed by atoms with E-state index in [4.69, 9.17) is 4.74 Å². The van der Waals surface area contributed by atoms with Gasteiger partial charge in [0.15, 0.2) is 0 Å². The molecule has 114 valence electrons. The Labute approximate surface area is 119 Å². The number of methoxy groups -OCH3 is 1. The van der Waals surface area contributed by atoms with Crippen molar-refractivity contribution in [3.05, 3.63) is 23.3 Å². The van der Waals surface area contributed by atoms with Crippen molar-refractivity contribution >= 4 is 14.0 Å². The number of ether oxygens (including phenoxy) is 2. The summed E-state index contributed by atoms with van der Waals surface area (Å²) in [6, 6.07) is 2.03. The van der Waals surface area contributed by atoms with Gasteiger partial charge in [0.25, 0.3) is 0 Å². The zero-order valence-electron chi connectivity index (χ0n) is 12.4. The maximum Gasteiger partial charge on any atom is 0.354 e. The third-order valence-corrected chi connectivity index (χ3v) is 4.62. The number of hydrogen-bond donors (Lipinski definition) is 1. The van der Waals surface area contributed by atoms with Gasteiger partial charge in [-0.15, -0.1) is 0 Å². The van der Waals surface area contributed by atoms with Crippen LogP contribution in [-0.4, -0.2) is 37.4 Å². The van der Waals surface area contributed by atoms with Crippen molar-refractivity contribution in [2.75, 3.05) is 13.7 Å². The summed E-state index contributed by atoms with van der Waals surface area (Å²) in [7, 11) is 0.0207. The minimum absolute atomic E-state index is 0.0225. The molecule has 1 aromatic heterocycles. The van der Waals surface area contributed by atoms with Crippen LogP contribution in [0.15, 0.2) is 6.07 Å². The Kier molecular flexibility index (Phi) is 5.91. The number of hydrogen-bond acceptors (Lipinski definition) is 4. The van der Waals surface area contributed by atoms with Gasteiger partial charge in [-0.3, -0.25) is 0 Å². The fourth-order valence-electron chi connectivity index (χ4n) is 1.67. The standard InChI is InChI=1S/C13H22FNO4Si/c1-18-13(17)11-7-10(14)12(8-16)15(11)9-19-5-6-20(2,3)4/h7,16H,5-6,8-9H2,1-4H3. The summed E-state index contributed by atoms with van der Waals surface area (Å²) in [5, 5.41) is 9.19. The molecule has 0 aliphatic heterocycles. The number of aliphatic hydroxyl groups excluding tert-OH is 1. The van der Waals surface area contributed by atoms with Crippen LogP contribution < -0.4 is 0 Å². The molecule has 1 aromatic rings. The SMILES string of the molecule is COC(=O)c1cc(F)c(CO)n1COCC[Si](C)(C)C. The third kappa shape index (κ3) is 4.43. The van der Waals surface area contributed by atoms with E-state index in [2.05, 4.69) is 24.4 Å². The Morgan fingerprint density at radius 3 is 2.60 bits per heavy atom. The molecule has 0 bridgehead atoms. The van der Waals surface area contributed by atoms with E-state index in [-0.39, 0.29) is 18.1 Å². The maximum absolute atomic E-state index is 13.6. The first kappa shape index (κ1) is 16.9. The van der Waals surface area contributed by atoms with E-state index in [1.807, 2.05) is 0 Å². The molecule has 7 heteroatoms. The average molecular weight is 303 g/mol. The Hall–Kier alpha value is -1.18. The highest BCUT2D eigenvalue weighted by Gasteiger charge is 2.20. The van der Waals surface area contributed by atoms with Crippen molar-refractivity contribution in [2.24, 2.45) is 0 Å². The van der Waals surface area contributed by atoms with Crippen LogP contribution >= 0.6 is 0 Å². The summed E-state index contributed by atoms with van der Waals surface area (Å²) >= 11 is 0. The summed E-state index contributed by atoms with van der Waals surface area (Å²) in [6.07, 6.45) is 0. The maximum atomic E-state index is 13.6. The Morgan fingerprint density at radius 1 is 1.45 bits per heavy atom. The van der Waals surface area contributed by atoms with Crippen molar-refractivity contribution in [3.63, 3.8) is 0 Å². The predicted molar refractivity (Wildman–Crippen MR) is 75.8 cm³/mol. The number of carbonyl (C=O) groups is 1. The first-order chi connectivity index (χ1) is 9.30. The molecule has 1 rings (SSSR count). The molecule has 1 N–H and O–H groups in total.